The van der Waals surface area contributed by atoms with Crippen molar-refractivity contribution in [1.29, 1.82) is 0 Å². The Bertz CT molecular complexity index is 431. The van der Waals surface area contributed by atoms with Gasteiger partial charge in [0.2, 0.25) is 0 Å². The normalized spacial score (nSPS) is 22.6. The molecule has 0 aliphatic heterocycles. The van der Waals surface area contributed by atoms with Crippen molar-refractivity contribution >= 4 is 15.9 Å². The maximum Gasteiger partial charge on any atom is 0.133 e. The van der Waals surface area contributed by atoms with Crippen molar-refractivity contribution in [3.63, 3.8) is 0 Å². The third-order valence-corrected chi connectivity index (χ3v) is 4.54. The maximum atomic E-state index is 5.55. The van der Waals surface area contributed by atoms with E-state index in [1.807, 2.05) is 14.0 Å². The molecule has 0 amide bonds. The number of halogens is 1. The lowest BCUT2D eigenvalue weighted by atomic mass is 9.97. The average molecular weight is 312 g/mol. The van der Waals surface area contributed by atoms with Gasteiger partial charge in [-0.05, 0) is 65.4 Å². The molecule has 1 aromatic carbocycles. The van der Waals surface area contributed by atoms with Crippen molar-refractivity contribution in [3.05, 3.63) is 28.2 Å². The summed E-state index contributed by atoms with van der Waals surface area (Å²) in [6, 6.07) is 6.85. The Balaban J connectivity index is 2.19. The molecule has 1 fully saturated rings. The molecule has 1 aliphatic carbocycles. The number of ether oxygens (including phenoxy) is 1. The summed E-state index contributed by atoms with van der Waals surface area (Å²) in [4.78, 5) is 0. The zero-order valence-electron chi connectivity index (χ0n) is 11.6. The van der Waals surface area contributed by atoms with Gasteiger partial charge in [0, 0.05) is 6.04 Å². The lowest BCUT2D eigenvalue weighted by Crippen LogP contribution is -2.20. The molecular weight excluding hydrogens is 290 g/mol. The van der Waals surface area contributed by atoms with E-state index in [4.69, 9.17) is 4.74 Å². The Morgan fingerprint density at radius 2 is 2.17 bits per heavy atom. The summed E-state index contributed by atoms with van der Waals surface area (Å²) < 4.78 is 6.60. The van der Waals surface area contributed by atoms with Gasteiger partial charge in [-0.3, -0.25) is 0 Å². The van der Waals surface area contributed by atoms with E-state index >= 15 is 0 Å². The molecule has 0 bridgehead atoms. The standard InChI is InChI=1S/C15H22BrNO/c1-5-18-13-7-6-10(8-12(13)16)14(17-4)11-9-15(11,2)3/h6-8,11,14,17H,5,9H2,1-4H3. The van der Waals surface area contributed by atoms with E-state index in [-0.39, 0.29) is 0 Å². The third-order valence-electron chi connectivity index (χ3n) is 3.92. The quantitative estimate of drug-likeness (QED) is 0.882. The second kappa shape index (κ2) is 5.22. The first-order valence-corrected chi connectivity index (χ1v) is 7.38. The molecule has 18 heavy (non-hydrogen) atoms. The van der Waals surface area contributed by atoms with Crippen LogP contribution in [0.1, 0.15) is 38.8 Å². The summed E-state index contributed by atoms with van der Waals surface area (Å²) in [5, 5.41) is 3.45. The van der Waals surface area contributed by atoms with E-state index in [1.54, 1.807) is 0 Å². The molecular formula is C15H22BrNO. The molecule has 2 unspecified atom stereocenters. The fourth-order valence-electron chi connectivity index (χ4n) is 2.66. The Morgan fingerprint density at radius 3 is 2.61 bits per heavy atom. The summed E-state index contributed by atoms with van der Waals surface area (Å²) in [5.74, 6) is 1.65. The summed E-state index contributed by atoms with van der Waals surface area (Å²) in [6.07, 6.45) is 1.29. The van der Waals surface area contributed by atoms with Gasteiger partial charge in [0.25, 0.3) is 0 Å². The molecule has 100 valence electrons. The van der Waals surface area contributed by atoms with Crippen LogP contribution in [0.25, 0.3) is 0 Å². The van der Waals surface area contributed by atoms with Crippen molar-refractivity contribution in [2.75, 3.05) is 13.7 Å². The third kappa shape index (κ3) is 2.72. The van der Waals surface area contributed by atoms with Crippen molar-refractivity contribution in [1.82, 2.24) is 5.32 Å². The first kappa shape index (κ1) is 13.9. The van der Waals surface area contributed by atoms with Crippen LogP contribution >= 0.6 is 15.9 Å². The summed E-state index contributed by atoms with van der Waals surface area (Å²) in [6.45, 7) is 7.38. The number of hydrogen-bond donors (Lipinski definition) is 1. The maximum absolute atomic E-state index is 5.55. The van der Waals surface area contributed by atoms with E-state index in [0.29, 0.717) is 18.1 Å². The van der Waals surface area contributed by atoms with Gasteiger partial charge in [-0.15, -0.1) is 0 Å². The van der Waals surface area contributed by atoms with E-state index < -0.39 is 0 Å². The second-order valence-corrected chi connectivity index (χ2v) is 6.54. The molecule has 1 N–H and O–H groups in total. The molecule has 0 aromatic heterocycles. The van der Waals surface area contributed by atoms with Gasteiger partial charge in [0.05, 0.1) is 11.1 Å². The van der Waals surface area contributed by atoms with E-state index in [2.05, 4.69) is 53.3 Å². The Kier molecular flexibility index (Phi) is 4.02. The summed E-state index contributed by atoms with van der Waals surface area (Å²) in [5.41, 5.74) is 1.81. The van der Waals surface area contributed by atoms with Crippen LogP contribution in [-0.4, -0.2) is 13.7 Å². The highest BCUT2D eigenvalue weighted by Crippen LogP contribution is 2.57. The lowest BCUT2D eigenvalue weighted by Gasteiger charge is -2.19. The molecule has 0 saturated heterocycles. The van der Waals surface area contributed by atoms with Gasteiger partial charge < -0.3 is 10.1 Å². The number of hydrogen-bond acceptors (Lipinski definition) is 2. The fraction of sp³-hybridized carbons (Fsp3) is 0.600. The molecule has 2 rings (SSSR count). The van der Waals surface area contributed by atoms with Crippen molar-refractivity contribution in [2.24, 2.45) is 11.3 Å². The SMILES string of the molecule is CCOc1ccc(C(NC)C2CC2(C)C)cc1Br. The van der Waals surface area contributed by atoms with E-state index in [0.717, 1.165) is 16.1 Å². The van der Waals surface area contributed by atoms with E-state index in [1.165, 1.54) is 12.0 Å². The van der Waals surface area contributed by atoms with Crippen LogP contribution in [0.5, 0.6) is 5.75 Å². The van der Waals surface area contributed by atoms with Crippen LogP contribution in [0.3, 0.4) is 0 Å². The molecule has 1 saturated carbocycles. The first-order chi connectivity index (χ1) is 8.49. The topological polar surface area (TPSA) is 21.3 Å². The minimum atomic E-state index is 0.437. The molecule has 2 atom stereocenters. The second-order valence-electron chi connectivity index (χ2n) is 5.69. The van der Waals surface area contributed by atoms with Crippen LogP contribution in [-0.2, 0) is 0 Å². The molecule has 0 heterocycles. The predicted molar refractivity (Wildman–Crippen MR) is 79.0 cm³/mol. The fourth-order valence-corrected chi connectivity index (χ4v) is 3.17. The highest BCUT2D eigenvalue weighted by molar-refractivity contribution is 9.10. The van der Waals surface area contributed by atoms with Gasteiger partial charge in [-0.25, -0.2) is 0 Å². The van der Waals surface area contributed by atoms with Gasteiger partial charge in [-0.2, -0.15) is 0 Å². The van der Waals surface area contributed by atoms with Gasteiger partial charge in [0.15, 0.2) is 0 Å². The Labute approximate surface area is 118 Å². The largest absolute Gasteiger partial charge is 0.493 e. The van der Waals surface area contributed by atoms with E-state index in [9.17, 15) is 0 Å². The zero-order chi connectivity index (χ0) is 13.3. The molecule has 0 spiro atoms. The summed E-state index contributed by atoms with van der Waals surface area (Å²) in [7, 11) is 2.05. The van der Waals surface area contributed by atoms with Crippen LogP contribution < -0.4 is 10.1 Å². The van der Waals surface area contributed by atoms with Crippen LogP contribution in [0.4, 0.5) is 0 Å². The lowest BCUT2D eigenvalue weighted by molar-refractivity contribution is 0.337. The van der Waals surface area contributed by atoms with Crippen molar-refractivity contribution in [3.8, 4) is 5.75 Å². The number of benzene rings is 1. The van der Waals surface area contributed by atoms with Crippen LogP contribution in [0.2, 0.25) is 0 Å². The van der Waals surface area contributed by atoms with Crippen molar-refractivity contribution < 1.29 is 4.74 Å². The van der Waals surface area contributed by atoms with Crippen LogP contribution in [0, 0.1) is 11.3 Å². The van der Waals surface area contributed by atoms with Crippen LogP contribution in [0.15, 0.2) is 22.7 Å². The molecule has 1 aliphatic rings. The number of nitrogens with one attached hydrogen (secondary N) is 1. The summed E-state index contributed by atoms with van der Waals surface area (Å²) >= 11 is 3.59. The first-order valence-electron chi connectivity index (χ1n) is 6.59. The van der Waals surface area contributed by atoms with Gasteiger partial charge in [-0.1, -0.05) is 19.9 Å². The zero-order valence-corrected chi connectivity index (χ0v) is 13.2. The van der Waals surface area contributed by atoms with Crippen molar-refractivity contribution in [2.45, 2.75) is 33.2 Å². The molecule has 3 heteroatoms. The minimum absolute atomic E-state index is 0.437. The molecule has 1 aromatic rings. The average Bonchev–Trinajstić information content (AvgIpc) is 2.92. The Morgan fingerprint density at radius 1 is 1.50 bits per heavy atom. The number of rotatable bonds is 5. The highest BCUT2D eigenvalue weighted by Gasteiger charge is 2.50. The predicted octanol–water partition coefficient (Wildman–Crippen LogP) is 4.15. The monoisotopic (exact) mass is 311 g/mol. The molecule has 0 radical (unpaired) electrons. The van der Waals surface area contributed by atoms with Gasteiger partial charge >= 0.3 is 0 Å². The highest BCUT2D eigenvalue weighted by atomic mass is 79.9. The molecule has 2 nitrogen and oxygen atoms in total. The minimum Gasteiger partial charge on any atom is -0.493 e. The smallest absolute Gasteiger partial charge is 0.133 e. The van der Waals surface area contributed by atoms with Gasteiger partial charge in [0.1, 0.15) is 5.75 Å². The Hall–Kier alpha value is -0.540.